The Morgan fingerprint density at radius 2 is 1.64 bits per heavy atom. The second kappa shape index (κ2) is 10.8. The zero-order valence-electron chi connectivity index (χ0n) is 20.6. The number of allylic oxidation sites excluding steroid dienone is 1. The molecular formula is C28H23FN4O6. The van der Waals surface area contributed by atoms with Gasteiger partial charge < -0.3 is 4.74 Å². The number of hydrogen-bond donors (Lipinski definition) is 0. The van der Waals surface area contributed by atoms with Gasteiger partial charge in [0.15, 0.2) is 18.2 Å². The van der Waals surface area contributed by atoms with Crippen molar-refractivity contribution in [1.82, 2.24) is 5.01 Å². The van der Waals surface area contributed by atoms with E-state index in [1.165, 1.54) is 47.5 Å². The average Bonchev–Trinajstić information content (AvgIpc) is 3.33. The maximum Gasteiger partial charge on any atom is 0.281 e. The zero-order valence-corrected chi connectivity index (χ0v) is 20.6. The number of non-ortho nitro benzene ring substituents is 2. The minimum Gasteiger partial charge on any atom is -0.481 e. The predicted octanol–water partition coefficient (Wildman–Crippen LogP) is 5.84. The highest BCUT2D eigenvalue weighted by Gasteiger charge is 2.44. The third kappa shape index (κ3) is 5.37. The lowest BCUT2D eigenvalue weighted by Crippen LogP contribution is -2.34. The highest BCUT2D eigenvalue weighted by molar-refractivity contribution is 6.08. The summed E-state index contributed by atoms with van der Waals surface area (Å²) in [6.07, 6.45) is 4.16. The number of nitrogens with zero attached hydrogens (tertiary/aromatic N) is 4. The summed E-state index contributed by atoms with van der Waals surface area (Å²) in [6.45, 7) is -0.449. The van der Waals surface area contributed by atoms with Crippen molar-refractivity contribution in [1.29, 1.82) is 0 Å². The number of para-hydroxylation sites is 1. The average molecular weight is 531 g/mol. The summed E-state index contributed by atoms with van der Waals surface area (Å²) in [5.74, 6) is -1.31. The molecule has 2 unspecified atom stereocenters. The molecule has 1 aliphatic heterocycles. The van der Waals surface area contributed by atoms with Crippen molar-refractivity contribution >= 4 is 29.1 Å². The third-order valence-electron chi connectivity index (χ3n) is 6.84. The van der Waals surface area contributed by atoms with Crippen LogP contribution in [-0.4, -0.2) is 33.1 Å². The smallest absolute Gasteiger partial charge is 0.281 e. The molecule has 0 aromatic heterocycles. The maximum absolute atomic E-state index is 14.1. The monoisotopic (exact) mass is 530 g/mol. The number of carbonyl (C=O) groups excluding carboxylic acids is 1. The standard InChI is InChI=1S/C28H23FN4O6/c29-24-6-1-2-7-25(24)39-17-26(34)31-28(19-10-14-22(15-11-19)33(37)38)23-5-3-4-20(27(23)30-31)16-18-8-12-21(13-9-18)32(35)36/h1-2,6-16,23,28H,3-5,17H2. The number of halogens is 1. The van der Waals surface area contributed by atoms with Crippen molar-refractivity contribution in [2.45, 2.75) is 25.3 Å². The van der Waals surface area contributed by atoms with Crippen molar-refractivity contribution in [3.8, 4) is 5.75 Å². The number of hydrazone groups is 1. The van der Waals surface area contributed by atoms with Crippen molar-refractivity contribution in [3.05, 3.63) is 116 Å². The molecule has 0 bridgehead atoms. The van der Waals surface area contributed by atoms with Crippen LogP contribution in [0.3, 0.4) is 0 Å². The summed E-state index contributed by atoms with van der Waals surface area (Å²) in [5.41, 5.74) is 2.97. The molecule has 1 amide bonds. The van der Waals surface area contributed by atoms with Crippen LogP contribution in [0.15, 0.2) is 83.5 Å². The van der Waals surface area contributed by atoms with Crippen molar-refractivity contribution in [2.75, 3.05) is 6.61 Å². The number of ether oxygens (including phenoxy) is 1. The highest BCUT2D eigenvalue weighted by atomic mass is 19.1. The lowest BCUT2D eigenvalue weighted by molar-refractivity contribution is -0.385. The van der Waals surface area contributed by atoms with E-state index in [-0.39, 0.29) is 23.0 Å². The van der Waals surface area contributed by atoms with Gasteiger partial charge in [0.2, 0.25) is 0 Å². The lowest BCUT2D eigenvalue weighted by Gasteiger charge is -2.29. The quantitative estimate of drug-likeness (QED) is 0.279. The molecule has 3 aromatic rings. The van der Waals surface area contributed by atoms with Gasteiger partial charge in [0.05, 0.1) is 21.6 Å². The van der Waals surface area contributed by atoms with Crippen molar-refractivity contribution in [3.63, 3.8) is 0 Å². The molecule has 2 aliphatic rings. The summed E-state index contributed by atoms with van der Waals surface area (Å²) in [5, 5.41) is 28.2. The first-order chi connectivity index (χ1) is 18.8. The molecule has 10 nitrogen and oxygen atoms in total. The number of nitro benzene ring substituents is 2. The molecule has 198 valence electrons. The molecule has 1 saturated carbocycles. The predicted molar refractivity (Wildman–Crippen MR) is 140 cm³/mol. The van der Waals surface area contributed by atoms with E-state index in [1.54, 1.807) is 30.3 Å². The Morgan fingerprint density at radius 1 is 1.00 bits per heavy atom. The number of nitro groups is 2. The zero-order chi connectivity index (χ0) is 27.5. The van der Waals surface area contributed by atoms with Crippen LogP contribution in [0.5, 0.6) is 5.75 Å². The minimum absolute atomic E-state index is 0.0123. The van der Waals surface area contributed by atoms with Crippen LogP contribution in [-0.2, 0) is 4.79 Å². The Morgan fingerprint density at radius 3 is 2.28 bits per heavy atom. The summed E-state index contributed by atoms with van der Waals surface area (Å²) in [7, 11) is 0. The summed E-state index contributed by atoms with van der Waals surface area (Å²) in [6, 6.07) is 17.4. The Kier molecular flexibility index (Phi) is 7.13. The fourth-order valence-electron chi connectivity index (χ4n) is 4.99. The molecule has 11 heteroatoms. The number of amides is 1. The van der Waals surface area contributed by atoms with E-state index in [4.69, 9.17) is 9.84 Å². The molecular weight excluding hydrogens is 507 g/mol. The molecule has 0 radical (unpaired) electrons. The second-order valence-electron chi connectivity index (χ2n) is 9.25. The number of fused-ring (bicyclic) bond motifs is 1. The summed E-state index contributed by atoms with van der Waals surface area (Å²) >= 11 is 0. The van der Waals surface area contributed by atoms with Crippen LogP contribution < -0.4 is 4.74 Å². The van der Waals surface area contributed by atoms with Crippen LogP contribution in [0.2, 0.25) is 0 Å². The van der Waals surface area contributed by atoms with E-state index in [2.05, 4.69) is 0 Å². The Labute approximate surface area is 222 Å². The van der Waals surface area contributed by atoms with Gasteiger partial charge in [-0.3, -0.25) is 25.0 Å². The molecule has 1 heterocycles. The van der Waals surface area contributed by atoms with Crippen LogP contribution in [0.1, 0.15) is 36.4 Å². The Balaban J connectivity index is 1.47. The van der Waals surface area contributed by atoms with Crippen LogP contribution >= 0.6 is 0 Å². The fraction of sp³-hybridized carbons (Fsp3) is 0.214. The van der Waals surface area contributed by atoms with Gasteiger partial charge in [-0.25, -0.2) is 9.40 Å². The number of benzene rings is 3. The van der Waals surface area contributed by atoms with Gasteiger partial charge in [0.25, 0.3) is 17.3 Å². The highest BCUT2D eigenvalue weighted by Crippen LogP contribution is 2.44. The molecule has 1 fully saturated rings. The summed E-state index contributed by atoms with van der Waals surface area (Å²) in [4.78, 5) is 34.6. The van der Waals surface area contributed by atoms with Gasteiger partial charge in [-0.1, -0.05) is 24.3 Å². The molecule has 3 aromatic carbocycles. The fourth-order valence-corrected chi connectivity index (χ4v) is 4.99. The van der Waals surface area contributed by atoms with E-state index in [0.29, 0.717) is 17.7 Å². The van der Waals surface area contributed by atoms with Crippen LogP contribution in [0.25, 0.3) is 6.08 Å². The second-order valence-corrected chi connectivity index (χ2v) is 9.25. The van der Waals surface area contributed by atoms with E-state index in [1.807, 2.05) is 6.08 Å². The van der Waals surface area contributed by atoms with E-state index in [0.717, 1.165) is 24.0 Å². The van der Waals surface area contributed by atoms with Gasteiger partial charge in [0, 0.05) is 30.2 Å². The van der Waals surface area contributed by atoms with Crippen molar-refractivity contribution < 1.29 is 23.8 Å². The number of hydrogen-bond acceptors (Lipinski definition) is 7. The molecule has 0 saturated heterocycles. The topological polar surface area (TPSA) is 128 Å². The van der Waals surface area contributed by atoms with Crippen LogP contribution in [0.4, 0.5) is 15.8 Å². The first-order valence-corrected chi connectivity index (χ1v) is 12.3. The third-order valence-corrected chi connectivity index (χ3v) is 6.84. The first kappa shape index (κ1) is 25.7. The lowest BCUT2D eigenvalue weighted by atomic mass is 9.77. The molecule has 5 rings (SSSR count). The van der Waals surface area contributed by atoms with Gasteiger partial charge in [-0.2, -0.15) is 5.10 Å². The van der Waals surface area contributed by atoms with Crippen LogP contribution in [0, 0.1) is 32.0 Å². The molecule has 1 aliphatic carbocycles. The van der Waals surface area contributed by atoms with E-state index < -0.39 is 34.2 Å². The minimum atomic E-state index is -0.591. The normalized spacial score (nSPS) is 19.4. The van der Waals surface area contributed by atoms with E-state index in [9.17, 15) is 29.4 Å². The van der Waals surface area contributed by atoms with Gasteiger partial charge in [-0.15, -0.1) is 0 Å². The largest absolute Gasteiger partial charge is 0.481 e. The van der Waals surface area contributed by atoms with Gasteiger partial charge in [-0.05, 0) is 66.3 Å². The molecule has 2 atom stereocenters. The number of rotatable bonds is 7. The first-order valence-electron chi connectivity index (χ1n) is 12.3. The molecule has 0 N–H and O–H groups in total. The van der Waals surface area contributed by atoms with Crippen molar-refractivity contribution in [2.24, 2.45) is 11.0 Å². The SMILES string of the molecule is O=C(COc1ccccc1F)N1N=C2C(=Cc3ccc([N+](=O)[O-])cc3)CCCC2C1c1ccc([N+](=O)[O-])cc1. The van der Waals surface area contributed by atoms with E-state index >= 15 is 0 Å². The number of carbonyl (C=O) groups is 1. The molecule has 0 spiro atoms. The summed E-state index contributed by atoms with van der Waals surface area (Å²) < 4.78 is 19.5. The Hall–Kier alpha value is -4.93. The molecule has 39 heavy (non-hydrogen) atoms. The van der Waals surface area contributed by atoms with Gasteiger partial charge in [0.1, 0.15) is 0 Å². The maximum atomic E-state index is 14.1. The van der Waals surface area contributed by atoms with Gasteiger partial charge >= 0.3 is 0 Å². The Bertz CT molecular complexity index is 1490.